The minimum Gasteiger partial charge on any atom is -0.465 e. The summed E-state index contributed by atoms with van der Waals surface area (Å²) in [6.45, 7) is 1.94. The van der Waals surface area contributed by atoms with Gasteiger partial charge in [0.1, 0.15) is 5.92 Å². The largest absolute Gasteiger partial charge is 0.465 e. The Morgan fingerprint density at radius 1 is 1.25 bits per heavy atom. The highest BCUT2D eigenvalue weighted by Gasteiger charge is 2.38. The first kappa shape index (κ1) is 20.0. The molecule has 2 heterocycles. The predicted molar refractivity (Wildman–Crippen MR) is 102 cm³/mol. The first-order valence-electron chi connectivity index (χ1n) is 8.85. The zero-order chi connectivity index (χ0) is 20.3. The number of anilines is 1. The number of hydrogen-bond acceptors (Lipinski definition) is 7. The summed E-state index contributed by atoms with van der Waals surface area (Å²) in [5.74, 6) is -1.84. The fourth-order valence-electron chi connectivity index (χ4n) is 3.09. The smallest absolute Gasteiger partial charge is 0.316 e. The summed E-state index contributed by atoms with van der Waals surface area (Å²) >= 11 is 0. The zero-order valence-corrected chi connectivity index (χ0v) is 16.4. The van der Waals surface area contributed by atoms with Gasteiger partial charge in [-0.05, 0) is 37.6 Å². The van der Waals surface area contributed by atoms with Crippen LogP contribution < -0.4 is 5.01 Å². The van der Waals surface area contributed by atoms with E-state index in [0.717, 1.165) is 4.41 Å². The minimum atomic E-state index is -3.87. The van der Waals surface area contributed by atoms with Crippen molar-refractivity contribution in [2.24, 2.45) is 5.92 Å². The molecule has 0 fully saturated rings. The van der Waals surface area contributed by atoms with Crippen LogP contribution in [0.4, 0.5) is 5.82 Å². The van der Waals surface area contributed by atoms with E-state index in [1.54, 1.807) is 31.2 Å². The first-order chi connectivity index (χ1) is 13.4. The monoisotopic (exact) mass is 403 g/mol. The number of rotatable bonds is 5. The number of nitrogens with zero attached hydrogens (tertiary/aromatic N) is 3. The maximum Gasteiger partial charge on any atom is 0.316 e. The molecule has 0 N–H and O–H groups in total. The molecule has 1 atom stereocenters. The van der Waals surface area contributed by atoms with Gasteiger partial charge in [0.25, 0.3) is 10.0 Å². The van der Waals surface area contributed by atoms with Crippen molar-refractivity contribution in [3.8, 4) is 0 Å². The van der Waals surface area contributed by atoms with Crippen LogP contribution in [0.3, 0.4) is 0 Å². The number of esters is 1. The molecule has 0 saturated carbocycles. The Balaban J connectivity index is 2.02. The Labute approximate surface area is 163 Å². The van der Waals surface area contributed by atoms with Crippen molar-refractivity contribution in [1.29, 1.82) is 0 Å². The molecule has 28 heavy (non-hydrogen) atoms. The van der Waals surface area contributed by atoms with Gasteiger partial charge in [-0.2, -0.15) is 0 Å². The number of aromatic nitrogens is 1. The summed E-state index contributed by atoms with van der Waals surface area (Å²) in [7, 11) is -2.47. The second-order valence-electron chi connectivity index (χ2n) is 6.21. The lowest BCUT2D eigenvalue weighted by Crippen LogP contribution is -2.45. The number of ketones is 1. The molecule has 8 nitrogen and oxygen atoms in total. The lowest BCUT2D eigenvalue weighted by atomic mass is 9.96. The average Bonchev–Trinajstić information content (AvgIpc) is 2.85. The third kappa shape index (κ3) is 3.63. The molecule has 0 spiro atoms. The van der Waals surface area contributed by atoms with E-state index >= 15 is 0 Å². The van der Waals surface area contributed by atoms with Gasteiger partial charge in [0.15, 0.2) is 11.6 Å². The van der Waals surface area contributed by atoms with Gasteiger partial charge in [-0.25, -0.2) is 13.4 Å². The number of benzene rings is 1. The molecule has 0 bridgehead atoms. The van der Waals surface area contributed by atoms with Gasteiger partial charge < -0.3 is 4.74 Å². The Bertz CT molecular complexity index is 978. The molecule has 0 aliphatic carbocycles. The van der Waals surface area contributed by atoms with E-state index in [1.807, 2.05) is 0 Å². The van der Waals surface area contributed by atoms with Crippen molar-refractivity contribution in [2.75, 3.05) is 25.2 Å². The average molecular weight is 403 g/mol. The van der Waals surface area contributed by atoms with Gasteiger partial charge in [0.05, 0.1) is 17.1 Å². The maximum absolute atomic E-state index is 13.0. The summed E-state index contributed by atoms with van der Waals surface area (Å²) in [6.07, 6.45) is 1.59. The molecule has 9 heteroatoms. The second kappa shape index (κ2) is 8.07. The quantitative estimate of drug-likeness (QED) is 0.555. The highest BCUT2D eigenvalue weighted by molar-refractivity contribution is 7.89. The number of hydrazine groups is 1. The summed E-state index contributed by atoms with van der Waals surface area (Å²) < 4.78 is 32.2. The highest BCUT2D eigenvalue weighted by Crippen LogP contribution is 2.30. The van der Waals surface area contributed by atoms with Crippen LogP contribution in [0.5, 0.6) is 0 Å². The molecule has 0 unspecified atom stereocenters. The molecule has 1 aromatic carbocycles. The topological polar surface area (TPSA) is 96.9 Å². The molecule has 2 aromatic rings. The first-order valence-corrected chi connectivity index (χ1v) is 10.3. The molecule has 0 amide bonds. The van der Waals surface area contributed by atoms with Crippen molar-refractivity contribution in [3.63, 3.8) is 0 Å². The van der Waals surface area contributed by atoms with Crippen LogP contribution >= 0.6 is 0 Å². The molecule has 1 aliphatic rings. The Morgan fingerprint density at radius 2 is 1.96 bits per heavy atom. The normalized spacial score (nSPS) is 17.2. The molecule has 148 valence electrons. The summed E-state index contributed by atoms with van der Waals surface area (Å²) in [5, 5.41) is 1.41. The Kier molecular flexibility index (Phi) is 5.76. The summed E-state index contributed by atoms with van der Waals surface area (Å²) in [5.41, 5.74) is 0.188. The van der Waals surface area contributed by atoms with Gasteiger partial charge in [0.2, 0.25) is 0 Å². The number of sulfonamides is 1. The third-order valence-electron chi connectivity index (χ3n) is 4.54. The van der Waals surface area contributed by atoms with E-state index < -0.39 is 27.7 Å². The number of pyridine rings is 1. The van der Waals surface area contributed by atoms with Gasteiger partial charge >= 0.3 is 5.97 Å². The maximum atomic E-state index is 13.0. The van der Waals surface area contributed by atoms with Crippen LogP contribution in [0.1, 0.15) is 23.7 Å². The number of carbonyl (C=O) groups is 2. The zero-order valence-electron chi connectivity index (χ0n) is 15.6. The predicted octanol–water partition coefficient (Wildman–Crippen LogP) is 1.89. The molecule has 1 aliphatic heterocycles. The fourth-order valence-corrected chi connectivity index (χ4v) is 4.31. The van der Waals surface area contributed by atoms with Gasteiger partial charge in [0, 0.05) is 19.8 Å². The second-order valence-corrected chi connectivity index (χ2v) is 8.16. The van der Waals surface area contributed by atoms with E-state index in [9.17, 15) is 18.0 Å². The fraction of sp³-hybridized carbons (Fsp3) is 0.316. The lowest BCUT2D eigenvalue weighted by Gasteiger charge is -2.31. The summed E-state index contributed by atoms with van der Waals surface area (Å²) in [4.78, 5) is 29.5. The molecule has 1 aromatic heterocycles. The number of fused-ring (bicyclic) bond motifs is 1. The standard InChI is InChI=1S/C19H21N3O5S/c1-3-27-19(24)16-11-13-22(18-15(17(16)23)10-7-12-20-18)21(2)28(25,26)14-8-5-4-6-9-14/h4-10,12,16H,3,11,13H2,1-2H3/t16-/m0/s1. The van der Waals surface area contributed by atoms with Gasteiger partial charge in [-0.3, -0.25) is 14.6 Å². The van der Waals surface area contributed by atoms with E-state index in [2.05, 4.69) is 4.98 Å². The molecule has 0 radical (unpaired) electrons. The van der Waals surface area contributed by atoms with Crippen LogP contribution in [0.15, 0.2) is 53.6 Å². The number of Topliss-reactive ketones (excluding diaryl/α,β-unsaturated/α-hetero) is 1. The van der Waals surface area contributed by atoms with Crippen molar-refractivity contribution in [3.05, 3.63) is 54.2 Å². The highest BCUT2D eigenvalue weighted by atomic mass is 32.2. The van der Waals surface area contributed by atoms with E-state index in [-0.39, 0.29) is 35.8 Å². The van der Waals surface area contributed by atoms with Crippen LogP contribution in [-0.4, -0.2) is 49.8 Å². The van der Waals surface area contributed by atoms with Crippen molar-refractivity contribution < 1.29 is 22.7 Å². The van der Waals surface area contributed by atoms with Crippen molar-refractivity contribution in [1.82, 2.24) is 9.40 Å². The third-order valence-corrected chi connectivity index (χ3v) is 6.30. The van der Waals surface area contributed by atoms with Crippen molar-refractivity contribution in [2.45, 2.75) is 18.2 Å². The van der Waals surface area contributed by atoms with E-state index in [1.165, 1.54) is 36.5 Å². The van der Waals surface area contributed by atoms with Crippen LogP contribution in [0.25, 0.3) is 0 Å². The number of carbonyl (C=O) groups excluding carboxylic acids is 2. The Morgan fingerprint density at radius 3 is 2.64 bits per heavy atom. The summed E-state index contributed by atoms with van der Waals surface area (Å²) in [6, 6.07) is 11.1. The number of hydrogen-bond donors (Lipinski definition) is 0. The Hall–Kier alpha value is -2.78. The molecule has 3 rings (SSSR count). The van der Waals surface area contributed by atoms with Crippen LogP contribution in [0.2, 0.25) is 0 Å². The minimum absolute atomic E-state index is 0.113. The number of ether oxygens (including phenoxy) is 1. The van der Waals surface area contributed by atoms with Crippen LogP contribution in [-0.2, 0) is 19.6 Å². The molecular weight excluding hydrogens is 382 g/mol. The van der Waals surface area contributed by atoms with E-state index in [0.29, 0.717) is 0 Å². The van der Waals surface area contributed by atoms with E-state index in [4.69, 9.17) is 4.74 Å². The molecule has 0 saturated heterocycles. The van der Waals surface area contributed by atoms with Gasteiger partial charge in [-0.1, -0.05) is 18.2 Å². The SMILES string of the molecule is CCOC(=O)[C@H]1CCN(N(C)S(=O)(=O)c2ccccc2)c2ncccc2C1=O. The van der Waals surface area contributed by atoms with Crippen molar-refractivity contribution >= 4 is 27.6 Å². The lowest BCUT2D eigenvalue weighted by molar-refractivity contribution is -0.146. The van der Waals surface area contributed by atoms with Crippen LogP contribution in [0, 0.1) is 5.92 Å². The molecular formula is C19H21N3O5S. The van der Waals surface area contributed by atoms with Gasteiger partial charge in [-0.15, -0.1) is 4.41 Å².